The molecule has 2 aromatic rings. The Kier molecular flexibility index (Phi) is 6.73. The fraction of sp³-hybridized carbons (Fsp3) is 0.318. The van der Waals surface area contributed by atoms with Crippen molar-refractivity contribution < 1.29 is 21.6 Å². The summed E-state index contributed by atoms with van der Waals surface area (Å²) in [5, 5.41) is 0. The number of benzene rings is 2. The zero-order valence-corrected chi connectivity index (χ0v) is 17.4. The van der Waals surface area contributed by atoms with Crippen LogP contribution in [0.3, 0.4) is 0 Å². The van der Waals surface area contributed by atoms with Gasteiger partial charge in [-0.1, -0.05) is 68.5 Å². The largest absolute Gasteiger partial charge is 0.413 e. The molecule has 0 spiro atoms. The first-order valence-electron chi connectivity index (χ1n) is 9.05. The lowest BCUT2D eigenvalue weighted by molar-refractivity contribution is -0.100. The summed E-state index contributed by atoms with van der Waals surface area (Å²) in [4.78, 5) is -0.0614. The molecule has 0 amide bonds. The van der Waals surface area contributed by atoms with Crippen LogP contribution in [0.25, 0.3) is 0 Å². The fourth-order valence-electron chi connectivity index (χ4n) is 2.82. The predicted octanol–water partition coefficient (Wildman–Crippen LogP) is 5.90. The summed E-state index contributed by atoms with van der Waals surface area (Å²) >= 11 is 0. The Morgan fingerprint density at radius 2 is 1.55 bits per heavy atom. The monoisotopic (exact) mass is 423 g/mol. The van der Waals surface area contributed by atoms with Gasteiger partial charge in [0.25, 0.3) is 10.0 Å². The Morgan fingerprint density at radius 3 is 2.07 bits per heavy atom. The van der Waals surface area contributed by atoms with E-state index in [1.807, 2.05) is 30.3 Å². The molecule has 0 aliphatic carbocycles. The third-order valence-corrected chi connectivity index (χ3v) is 6.19. The van der Waals surface area contributed by atoms with E-state index in [1.54, 1.807) is 19.1 Å². The van der Waals surface area contributed by atoms with Crippen molar-refractivity contribution in [1.82, 2.24) is 0 Å². The lowest BCUT2D eigenvalue weighted by Gasteiger charge is -2.30. The zero-order chi connectivity index (χ0) is 21.9. The van der Waals surface area contributed by atoms with Crippen LogP contribution in [-0.2, 0) is 16.4 Å². The minimum Gasteiger partial charge on any atom is -0.199 e. The SMILES string of the molecule is C=C(C(F)(F)F)C(C)(C)/C(CCc1ccccc1)=N/S(=O)(=O)c1ccc(C)cc1. The van der Waals surface area contributed by atoms with Gasteiger partial charge in [0.15, 0.2) is 0 Å². The first-order valence-corrected chi connectivity index (χ1v) is 10.5. The van der Waals surface area contributed by atoms with Crippen molar-refractivity contribution in [3.63, 3.8) is 0 Å². The number of hydrogen-bond acceptors (Lipinski definition) is 2. The molecule has 0 heterocycles. The highest BCUT2D eigenvalue weighted by molar-refractivity contribution is 7.90. The molecule has 0 N–H and O–H groups in total. The molecule has 7 heteroatoms. The molecule has 0 saturated heterocycles. The molecule has 0 unspecified atom stereocenters. The van der Waals surface area contributed by atoms with Crippen molar-refractivity contribution in [2.45, 2.75) is 44.7 Å². The summed E-state index contributed by atoms with van der Waals surface area (Å²) in [5.74, 6) is 0. The van der Waals surface area contributed by atoms with Crippen molar-refractivity contribution >= 4 is 15.7 Å². The van der Waals surface area contributed by atoms with E-state index < -0.39 is 27.2 Å². The van der Waals surface area contributed by atoms with Gasteiger partial charge in [-0.05, 0) is 37.5 Å². The van der Waals surface area contributed by atoms with Crippen LogP contribution in [0.1, 0.15) is 31.4 Å². The van der Waals surface area contributed by atoms with Gasteiger partial charge < -0.3 is 0 Å². The van der Waals surface area contributed by atoms with Crippen molar-refractivity contribution in [2.75, 3.05) is 0 Å². The number of alkyl halides is 3. The molecule has 29 heavy (non-hydrogen) atoms. The Balaban J connectivity index is 2.49. The minimum atomic E-state index is -4.66. The highest BCUT2D eigenvalue weighted by atomic mass is 32.2. The number of allylic oxidation sites excluding steroid dienone is 1. The molecule has 2 rings (SSSR count). The van der Waals surface area contributed by atoms with Gasteiger partial charge in [0.2, 0.25) is 0 Å². The molecule has 0 aromatic heterocycles. The summed E-state index contributed by atoms with van der Waals surface area (Å²) in [6, 6.07) is 15.1. The van der Waals surface area contributed by atoms with Gasteiger partial charge in [-0.3, -0.25) is 0 Å². The molecular weight excluding hydrogens is 399 g/mol. The maximum Gasteiger partial charge on any atom is 0.413 e. The Hall–Kier alpha value is -2.41. The number of aryl methyl sites for hydroxylation is 2. The summed E-state index contributed by atoms with van der Waals surface area (Å²) in [6.07, 6.45) is -4.25. The molecule has 0 radical (unpaired) electrons. The average Bonchev–Trinajstić information content (AvgIpc) is 2.64. The summed E-state index contributed by atoms with van der Waals surface area (Å²) < 4.78 is 69.5. The molecule has 0 aliphatic heterocycles. The van der Waals surface area contributed by atoms with Gasteiger partial charge in [-0.25, -0.2) is 0 Å². The van der Waals surface area contributed by atoms with Crippen LogP contribution in [-0.4, -0.2) is 20.3 Å². The number of halogens is 3. The molecule has 2 aromatic carbocycles. The van der Waals surface area contributed by atoms with Crippen LogP contribution in [0.15, 0.2) is 76.0 Å². The number of nitrogens with zero attached hydrogens (tertiary/aromatic N) is 1. The Bertz CT molecular complexity index is 991. The lowest BCUT2D eigenvalue weighted by Crippen LogP contribution is -2.34. The van der Waals surface area contributed by atoms with Gasteiger partial charge in [0.05, 0.1) is 4.90 Å². The predicted molar refractivity (Wildman–Crippen MR) is 110 cm³/mol. The summed E-state index contributed by atoms with van der Waals surface area (Å²) in [5.41, 5.74) is -1.05. The standard InChI is InChI=1S/C22H24F3NO2S/c1-16-10-13-19(14-11-16)29(27,28)26-20(15-12-18-8-6-5-7-9-18)21(3,4)17(2)22(23,24)25/h5-11,13-14H,2,12,15H2,1,3-4H3/b26-20+. The smallest absolute Gasteiger partial charge is 0.199 e. The van der Waals surface area contributed by atoms with E-state index in [0.717, 1.165) is 11.1 Å². The van der Waals surface area contributed by atoms with Crippen LogP contribution in [0.2, 0.25) is 0 Å². The fourth-order valence-corrected chi connectivity index (χ4v) is 4.01. The van der Waals surface area contributed by atoms with Gasteiger partial charge in [-0.2, -0.15) is 26.0 Å². The first kappa shape index (κ1) is 22.9. The summed E-state index contributed by atoms with van der Waals surface area (Å²) in [6.45, 7) is 7.60. The molecule has 3 nitrogen and oxygen atoms in total. The van der Waals surface area contributed by atoms with Crippen molar-refractivity contribution in [1.29, 1.82) is 0 Å². The van der Waals surface area contributed by atoms with Gasteiger partial charge >= 0.3 is 6.18 Å². The van der Waals surface area contributed by atoms with Gasteiger partial charge in [0, 0.05) is 16.7 Å². The van der Waals surface area contributed by atoms with E-state index in [1.165, 1.54) is 26.0 Å². The highest BCUT2D eigenvalue weighted by Crippen LogP contribution is 2.40. The van der Waals surface area contributed by atoms with Crippen molar-refractivity contribution in [3.8, 4) is 0 Å². The zero-order valence-electron chi connectivity index (χ0n) is 16.6. The molecule has 0 saturated carbocycles. The second kappa shape index (κ2) is 8.53. The van der Waals surface area contributed by atoms with E-state index in [2.05, 4.69) is 11.0 Å². The van der Waals surface area contributed by atoms with Crippen LogP contribution in [0.5, 0.6) is 0 Å². The third kappa shape index (κ3) is 5.79. The second-order valence-corrected chi connectivity index (χ2v) is 9.02. The van der Waals surface area contributed by atoms with E-state index in [0.29, 0.717) is 6.42 Å². The van der Waals surface area contributed by atoms with E-state index in [-0.39, 0.29) is 17.0 Å². The molecule has 0 aliphatic rings. The second-order valence-electron chi connectivity index (χ2n) is 7.41. The topological polar surface area (TPSA) is 46.5 Å². The molecule has 0 atom stereocenters. The molecule has 156 valence electrons. The normalized spacial score (nSPS) is 13.4. The van der Waals surface area contributed by atoms with Crippen LogP contribution in [0, 0.1) is 12.3 Å². The number of rotatable bonds is 7. The quantitative estimate of drug-likeness (QED) is 0.411. The van der Waals surface area contributed by atoms with Crippen molar-refractivity contribution in [2.24, 2.45) is 9.81 Å². The van der Waals surface area contributed by atoms with Gasteiger partial charge in [-0.15, -0.1) is 0 Å². The van der Waals surface area contributed by atoms with E-state index in [9.17, 15) is 21.6 Å². The van der Waals surface area contributed by atoms with Crippen molar-refractivity contribution in [3.05, 3.63) is 77.9 Å². The minimum absolute atomic E-state index is 0.0528. The lowest BCUT2D eigenvalue weighted by atomic mass is 9.78. The maximum absolute atomic E-state index is 13.4. The van der Waals surface area contributed by atoms with Crippen LogP contribution >= 0.6 is 0 Å². The van der Waals surface area contributed by atoms with Crippen LogP contribution < -0.4 is 0 Å². The number of hydrogen-bond donors (Lipinski definition) is 0. The Labute approximate surface area is 170 Å². The highest BCUT2D eigenvalue weighted by Gasteiger charge is 2.44. The average molecular weight is 424 g/mol. The van der Waals surface area contributed by atoms with E-state index in [4.69, 9.17) is 0 Å². The summed E-state index contributed by atoms with van der Waals surface area (Å²) in [7, 11) is -4.16. The third-order valence-electron chi connectivity index (χ3n) is 4.86. The molecule has 0 fully saturated rings. The maximum atomic E-state index is 13.4. The molecular formula is C22H24F3NO2S. The molecule has 0 bridgehead atoms. The van der Waals surface area contributed by atoms with Crippen LogP contribution in [0.4, 0.5) is 13.2 Å². The number of sulfonamides is 1. The van der Waals surface area contributed by atoms with Gasteiger partial charge in [0.1, 0.15) is 0 Å². The van der Waals surface area contributed by atoms with E-state index >= 15 is 0 Å². The first-order chi connectivity index (χ1) is 13.3. The Morgan fingerprint density at radius 1 is 1.00 bits per heavy atom.